The van der Waals surface area contributed by atoms with Gasteiger partial charge < -0.3 is 4.42 Å². The van der Waals surface area contributed by atoms with Crippen LogP contribution >= 0.6 is 0 Å². The molecule has 1 aromatic carbocycles. The summed E-state index contributed by atoms with van der Waals surface area (Å²) in [6.07, 6.45) is -7.79. The smallest absolute Gasteiger partial charge is 0.401 e. The first-order valence-electron chi connectivity index (χ1n) is 7.42. The van der Waals surface area contributed by atoms with E-state index in [1.165, 1.54) is 6.07 Å². The van der Waals surface area contributed by atoms with Gasteiger partial charge in [0.2, 0.25) is 5.89 Å². The predicted octanol–water partition coefficient (Wildman–Crippen LogP) is 3.95. The molecule has 0 atom stereocenters. The number of hydrogen-bond donors (Lipinski definition) is 0. The van der Waals surface area contributed by atoms with Gasteiger partial charge in [-0.3, -0.25) is 4.68 Å². The number of aryl methyl sites for hydroxylation is 2. The van der Waals surface area contributed by atoms with Crippen LogP contribution in [-0.2, 0) is 12.7 Å². The molecule has 0 aliphatic rings. The lowest BCUT2D eigenvalue weighted by Crippen LogP contribution is -2.13. The van der Waals surface area contributed by atoms with Crippen LogP contribution in [-0.4, -0.2) is 21.2 Å². The number of benzene rings is 1. The minimum absolute atomic E-state index is 0.155. The first-order valence-corrected chi connectivity index (χ1v) is 7.42. The highest BCUT2D eigenvalue weighted by atomic mass is 19.4. The first kappa shape index (κ1) is 18.0. The van der Waals surface area contributed by atoms with E-state index in [-0.39, 0.29) is 10.9 Å². The van der Waals surface area contributed by atoms with Crippen molar-refractivity contribution in [2.24, 2.45) is 0 Å². The summed E-state index contributed by atoms with van der Waals surface area (Å²) < 4.78 is 69.5. The molecule has 0 radical (unpaired) electrons. The predicted molar refractivity (Wildman–Crippen MR) is 82.0 cm³/mol. The van der Waals surface area contributed by atoms with E-state index in [4.69, 9.17) is 4.42 Å². The maximum Gasteiger partial charge on any atom is 0.435 e. The van der Waals surface area contributed by atoms with Crippen LogP contribution in [0.4, 0.5) is 22.0 Å². The molecule has 0 unspecified atom stereocenters. The van der Waals surface area contributed by atoms with Crippen molar-refractivity contribution in [1.82, 2.24) is 14.8 Å². The number of hydrogen-bond acceptors (Lipinski definition) is 4. The zero-order valence-electron chi connectivity index (χ0n) is 13.6. The van der Waals surface area contributed by atoms with Gasteiger partial charge in [-0.1, -0.05) is 6.07 Å². The van der Waals surface area contributed by atoms with Crippen LogP contribution in [0.2, 0.25) is 0 Å². The van der Waals surface area contributed by atoms with E-state index in [0.29, 0.717) is 16.3 Å². The second-order valence-electron chi connectivity index (χ2n) is 5.77. The van der Waals surface area contributed by atoms with Gasteiger partial charge in [0.25, 0.3) is 6.43 Å². The molecule has 0 bridgehead atoms. The van der Waals surface area contributed by atoms with Crippen LogP contribution in [0, 0.1) is 13.8 Å². The molecule has 2 aromatic heterocycles. The van der Waals surface area contributed by atoms with Crippen molar-refractivity contribution < 1.29 is 26.4 Å². The summed E-state index contributed by atoms with van der Waals surface area (Å²) in [6.45, 7) is 2.33. The molecule has 0 spiro atoms. The van der Waals surface area contributed by atoms with Crippen LogP contribution in [0.5, 0.6) is 0 Å². The van der Waals surface area contributed by atoms with Crippen LogP contribution < -0.4 is 5.63 Å². The fourth-order valence-electron chi connectivity index (χ4n) is 2.64. The molecule has 5 nitrogen and oxygen atoms in total. The molecule has 26 heavy (non-hydrogen) atoms. The van der Waals surface area contributed by atoms with E-state index >= 15 is 0 Å². The lowest BCUT2D eigenvalue weighted by atomic mass is 10.1. The number of halogens is 5. The van der Waals surface area contributed by atoms with Crippen molar-refractivity contribution in [2.75, 3.05) is 0 Å². The summed E-state index contributed by atoms with van der Waals surface area (Å²) in [4.78, 5) is 16.3. The summed E-state index contributed by atoms with van der Waals surface area (Å²) in [6, 6.07) is 3.79. The average molecular weight is 373 g/mol. The van der Waals surface area contributed by atoms with E-state index < -0.39 is 42.1 Å². The van der Waals surface area contributed by atoms with Crippen LogP contribution in [0.25, 0.3) is 22.5 Å². The van der Waals surface area contributed by atoms with Gasteiger partial charge in [0, 0.05) is 6.07 Å². The Labute approximate surface area is 143 Å². The summed E-state index contributed by atoms with van der Waals surface area (Å²) in [7, 11) is 0. The third-order valence-corrected chi connectivity index (χ3v) is 3.67. The Hall–Kier alpha value is -2.78. The van der Waals surface area contributed by atoms with E-state index in [0.717, 1.165) is 5.56 Å². The summed E-state index contributed by atoms with van der Waals surface area (Å²) in [5.74, 6) is -0.502. The zero-order valence-corrected chi connectivity index (χ0v) is 13.6. The van der Waals surface area contributed by atoms with Crippen LogP contribution in [0.1, 0.15) is 16.8 Å². The molecule has 138 valence electrons. The van der Waals surface area contributed by atoms with Crippen molar-refractivity contribution in [1.29, 1.82) is 0 Å². The number of nitrogens with zero attached hydrogens (tertiary/aromatic N) is 3. The Kier molecular flexibility index (Phi) is 4.29. The Bertz CT molecular complexity index is 1040. The number of rotatable bonds is 3. The molecule has 0 N–H and O–H groups in total. The summed E-state index contributed by atoms with van der Waals surface area (Å²) in [5, 5.41) is 3.31. The molecule has 0 aliphatic heterocycles. The maximum absolute atomic E-state index is 12.9. The third kappa shape index (κ3) is 3.31. The highest BCUT2D eigenvalue weighted by Gasteiger charge is 2.36. The monoisotopic (exact) mass is 373 g/mol. The zero-order chi connectivity index (χ0) is 19.2. The highest BCUT2D eigenvalue weighted by molar-refractivity contribution is 5.82. The van der Waals surface area contributed by atoms with Gasteiger partial charge >= 0.3 is 11.8 Å². The summed E-state index contributed by atoms with van der Waals surface area (Å²) in [5.41, 5.74) is -1.05. The molecule has 3 aromatic rings. The van der Waals surface area contributed by atoms with Gasteiger partial charge in [-0.25, -0.2) is 18.6 Å². The van der Waals surface area contributed by atoms with Crippen molar-refractivity contribution in [3.8, 4) is 11.6 Å². The van der Waals surface area contributed by atoms with Gasteiger partial charge in [0.05, 0.1) is 10.9 Å². The fraction of sp³-hybridized carbons (Fsp3) is 0.312. The van der Waals surface area contributed by atoms with Crippen molar-refractivity contribution >= 4 is 10.9 Å². The average Bonchev–Trinajstić information content (AvgIpc) is 2.91. The van der Waals surface area contributed by atoms with E-state index in [1.807, 2.05) is 0 Å². The van der Waals surface area contributed by atoms with Gasteiger partial charge in [0.15, 0.2) is 5.69 Å². The SMILES string of the molecule is Cc1cc(C)c2nc(-c3cc(C(F)(F)F)nn3CC(F)F)oc(=O)c2c1. The largest absolute Gasteiger partial charge is 0.435 e. The Morgan fingerprint density at radius 3 is 2.50 bits per heavy atom. The summed E-state index contributed by atoms with van der Waals surface area (Å²) >= 11 is 0. The van der Waals surface area contributed by atoms with Gasteiger partial charge in [-0.05, 0) is 31.0 Å². The third-order valence-electron chi connectivity index (χ3n) is 3.67. The van der Waals surface area contributed by atoms with Crippen LogP contribution in [0.3, 0.4) is 0 Å². The number of aromatic nitrogens is 3. The lowest BCUT2D eigenvalue weighted by molar-refractivity contribution is -0.141. The second kappa shape index (κ2) is 6.19. The molecular weight excluding hydrogens is 361 g/mol. The normalized spacial score (nSPS) is 12.3. The van der Waals surface area contributed by atoms with E-state index in [2.05, 4.69) is 10.1 Å². The van der Waals surface area contributed by atoms with E-state index in [1.54, 1.807) is 19.9 Å². The topological polar surface area (TPSA) is 60.9 Å². The molecule has 10 heteroatoms. The fourth-order valence-corrected chi connectivity index (χ4v) is 2.64. The molecule has 3 rings (SSSR count). The van der Waals surface area contributed by atoms with Crippen LogP contribution in [0.15, 0.2) is 27.4 Å². The standard InChI is InChI=1S/C16H12F5N3O2/c1-7-3-8(2)13-9(4-7)15(25)26-14(22-13)10-5-11(16(19,20)21)23-24(10)6-12(17)18/h3-5,12H,6H2,1-2H3. The first-order chi connectivity index (χ1) is 12.1. The minimum Gasteiger partial charge on any atom is -0.401 e. The molecule has 0 saturated heterocycles. The Morgan fingerprint density at radius 2 is 1.88 bits per heavy atom. The van der Waals surface area contributed by atoms with Crippen molar-refractivity contribution in [3.63, 3.8) is 0 Å². The number of fused-ring (bicyclic) bond motifs is 1. The van der Waals surface area contributed by atoms with Gasteiger partial charge in [-0.2, -0.15) is 18.3 Å². The Balaban J connectivity index is 2.26. The molecule has 0 aliphatic carbocycles. The minimum atomic E-state index is -4.84. The lowest BCUT2D eigenvalue weighted by Gasteiger charge is -2.07. The van der Waals surface area contributed by atoms with E-state index in [9.17, 15) is 26.7 Å². The van der Waals surface area contributed by atoms with Gasteiger partial charge in [0.1, 0.15) is 12.2 Å². The molecule has 0 amide bonds. The Morgan fingerprint density at radius 1 is 1.19 bits per heavy atom. The van der Waals surface area contributed by atoms with Gasteiger partial charge in [-0.15, -0.1) is 0 Å². The second-order valence-corrected chi connectivity index (χ2v) is 5.77. The van der Waals surface area contributed by atoms with Crippen molar-refractivity contribution in [2.45, 2.75) is 33.0 Å². The number of alkyl halides is 5. The molecular formula is C16H12F5N3O2. The molecule has 2 heterocycles. The highest BCUT2D eigenvalue weighted by Crippen LogP contribution is 2.32. The molecule has 0 saturated carbocycles. The molecule has 0 fully saturated rings. The van der Waals surface area contributed by atoms with Crippen molar-refractivity contribution in [3.05, 3.63) is 45.4 Å². The maximum atomic E-state index is 12.9. The quantitative estimate of drug-likeness (QED) is 0.653.